The van der Waals surface area contributed by atoms with Crippen molar-refractivity contribution in [1.82, 2.24) is 10.6 Å². The summed E-state index contributed by atoms with van der Waals surface area (Å²) in [6.45, 7) is 0. The van der Waals surface area contributed by atoms with E-state index in [1.54, 1.807) is 0 Å². The Morgan fingerprint density at radius 2 is 1.33 bits per heavy atom. The Bertz CT molecular complexity index is 456. The van der Waals surface area contributed by atoms with Crippen LogP contribution in [0, 0.1) is 0 Å². The third-order valence-corrected chi connectivity index (χ3v) is 2.93. The van der Waals surface area contributed by atoms with Crippen LogP contribution in [0.5, 0.6) is 0 Å². The molecule has 0 fully saturated rings. The maximum atomic E-state index is 6.16. The van der Waals surface area contributed by atoms with E-state index in [1.165, 1.54) is 5.56 Å². The zero-order valence-electron chi connectivity index (χ0n) is 10.5. The van der Waals surface area contributed by atoms with Crippen molar-refractivity contribution in [3.8, 4) is 0 Å². The second-order valence-corrected chi connectivity index (χ2v) is 4.19. The van der Waals surface area contributed by atoms with Crippen molar-refractivity contribution >= 4 is 0 Å². The molecule has 2 rings (SSSR count). The van der Waals surface area contributed by atoms with Crippen molar-refractivity contribution in [3.63, 3.8) is 0 Å². The highest BCUT2D eigenvalue weighted by atomic mass is 15.2. The molecule has 0 aliphatic carbocycles. The lowest BCUT2D eigenvalue weighted by molar-refractivity contribution is 0.411. The minimum Gasteiger partial charge on any atom is -0.312 e. The molecule has 0 aliphatic rings. The van der Waals surface area contributed by atoms with E-state index in [1.807, 2.05) is 55.6 Å². The van der Waals surface area contributed by atoms with Crippen LogP contribution in [0.3, 0.4) is 0 Å². The van der Waals surface area contributed by atoms with Crippen molar-refractivity contribution < 1.29 is 0 Å². The van der Waals surface area contributed by atoms with Crippen molar-refractivity contribution in [1.29, 1.82) is 0 Å². The van der Waals surface area contributed by atoms with Crippen LogP contribution in [-0.4, -0.2) is 7.05 Å². The summed E-state index contributed by atoms with van der Waals surface area (Å²) in [5.41, 5.74) is 8.41. The molecule has 0 bridgehead atoms. The summed E-state index contributed by atoms with van der Waals surface area (Å²) < 4.78 is 0. The van der Waals surface area contributed by atoms with E-state index in [0.29, 0.717) is 0 Å². The maximum Gasteiger partial charge on any atom is 0.0847 e. The van der Waals surface area contributed by atoms with Gasteiger partial charge >= 0.3 is 0 Å². The van der Waals surface area contributed by atoms with E-state index in [-0.39, 0.29) is 12.3 Å². The SMILES string of the molecule is CNC(NC(N)c1ccccc1)c1ccccc1. The van der Waals surface area contributed by atoms with Gasteiger partial charge in [0.1, 0.15) is 0 Å². The molecule has 2 aromatic rings. The molecule has 0 saturated heterocycles. The first-order valence-electron chi connectivity index (χ1n) is 6.10. The average Bonchev–Trinajstić information content (AvgIpc) is 2.46. The van der Waals surface area contributed by atoms with Crippen LogP contribution in [0.25, 0.3) is 0 Å². The molecule has 2 atom stereocenters. The van der Waals surface area contributed by atoms with Gasteiger partial charge in [-0.2, -0.15) is 0 Å². The fraction of sp³-hybridized carbons (Fsp3) is 0.200. The van der Waals surface area contributed by atoms with Crippen molar-refractivity contribution in [2.24, 2.45) is 5.73 Å². The maximum absolute atomic E-state index is 6.16. The van der Waals surface area contributed by atoms with Crippen LogP contribution >= 0.6 is 0 Å². The Kier molecular flexibility index (Phi) is 4.47. The van der Waals surface area contributed by atoms with Crippen LogP contribution in [-0.2, 0) is 0 Å². The van der Waals surface area contributed by atoms with Crippen molar-refractivity contribution in [2.45, 2.75) is 12.3 Å². The molecule has 0 aliphatic heterocycles. The predicted octanol–water partition coefficient (Wildman–Crippen LogP) is 2.15. The molecular formula is C15H19N3. The number of benzene rings is 2. The Hall–Kier alpha value is -1.68. The summed E-state index contributed by atoms with van der Waals surface area (Å²) in [5.74, 6) is 0. The van der Waals surface area contributed by atoms with Gasteiger partial charge in [-0.25, -0.2) is 0 Å². The topological polar surface area (TPSA) is 50.1 Å². The molecule has 0 aromatic heterocycles. The molecule has 3 nitrogen and oxygen atoms in total. The van der Waals surface area contributed by atoms with Gasteiger partial charge in [0, 0.05) is 0 Å². The summed E-state index contributed by atoms with van der Waals surface area (Å²) in [5, 5.41) is 6.59. The van der Waals surface area contributed by atoms with Crippen molar-refractivity contribution in [2.75, 3.05) is 7.05 Å². The number of hydrogen-bond donors (Lipinski definition) is 3. The van der Waals surface area contributed by atoms with Gasteiger partial charge in [0.2, 0.25) is 0 Å². The second-order valence-electron chi connectivity index (χ2n) is 4.19. The second kappa shape index (κ2) is 6.31. The minimum absolute atomic E-state index is 0.0430. The summed E-state index contributed by atoms with van der Waals surface area (Å²) in [6.07, 6.45) is -0.148. The highest BCUT2D eigenvalue weighted by Crippen LogP contribution is 2.14. The van der Waals surface area contributed by atoms with Crippen LogP contribution in [0.1, 0.15) is 23.5 Å². The normalized spacial score (nSPS) is 14.1. The largest absolute Gasteiger partial charge is 0.312 e. The first-order chi connectivity index (χ1) is 8.81. The van der Waals surface area contributed by atoms with Crippen LogP contribution in [0.4, 0.5) is 0 Å². The number of rotatable bonds is 5. The molecule has 4 N–H and O–H groups in total. The first kappa shape index (κ1) is 12.8. The first-order valence-corrected chi connectivity index (χ1v) is 6.10. The highest BCUT2D eigenvalue weighted by Gasteiger charge is 2.12. The zero-order chi connectivity index (χ0) is 12.8. The van der Waals surface area contributed by atoms with Crippen LogP contribution in [0.2, 0.25) is 0 Å². The lowest BCUT2D eigenvalue weighted by atomic mass is 10.1. The number of nitrogens with one attached hydrogen (secondary N) is 2. The molecule has 0 radical (unpaired) electrons. The highest BCUT2D eigenvalue weighted by molar-refractivity contribution is 5.21. The molecule has 0 saturated carbocycles. The summed E-state index contributed by atoms with van der Waals surface area (Å²) >= 11 is 0. The Balaban J connectivity index is 2.07. The average molecular weight is 241 g/mol. The van der Waals surface area contributed by atoms with E-state index in [9.17, 15) is 0 Å². The smallest absolute Gasteiger partial charge is 0.0847 e. The van der Waals surface area contributed by atoms with Crippen molar-refractivity contribution in [3.05, 3.63) is 71.8 Å². The lowest BCUT2D eigenvalue weighted by Gasteiger charge is -2.23. The summed E-state index contributed by atoms with van der Waals surface area (Å²) in [7, 11) is 1.92. The van der Waals surface area contributed by atoms with Gasteiger partial charge in [-0.05, 0) is 18.2 Å². The van der Waals surface area contributed by atoms with Gasteiger partial charge in [-0.15, -0.1) is 0 Å². The fourth-order valence-corrected chi connectivity index (χ4v) is 1.93. The Labute approximate surface area is 108 Å². The Morgan fingerprint density at radius 1 is 0.833 bits per heavy atom. The summed E-state index contributed by atoms with van der Waals surface area (Å²) in [6, 6.07) is 20.2. The standard InChI is InChI=1S/C15H19N3/c1-17-15(13-10-6-3-7-11-13)18-14(16)12-8-4-2-5-9-12/h2-11,14-15,17-18H,16H2,1H3. The molecule has 94 valence electrons. The van der Waals surface area contributed by atoms with Gasteiger partial charge in [-0.1, -0.05) is 60.7 Å². The monoisotopic (exact) mass is 241 g/mol. The predicted molar refractivity (Wildman–Crippen MR) is 74.7 cm³/mol. The van der Waals surface area contributed by atoms with Gasteiger partial charge < -0.3 is 11.1 Å². The molecule has 3 heteroatoms. The van der Waals surface area contributed by atoms with Gasteiger partial charge in [0.25, 0.3) is 0 Å². The number of nitrogens with two attached hydrogens (primary N) is 1. The van der Waals surface area contributed by atoms with E-state index in [0.717, 1.165) is 5.56 Å². The van der Waals surface area contributed by atoms with E-state index >= 15 is 0 Å². The zero-order valence-corrected chi connectivity index (χ0v) is 10.5. The quantitative estimate of drug-likeness (QED) is 0.703. The molecule has 2 aromatic carbocycles. The molecular weight excluding hydrogens is 222 g/mol. The van der Waals surface area contributed by atoms with Gasteiger partial charge in [0.15, 0.2) is 0 Å². The summed E-state index contributed by atoms with van der Waals surface area (Å²) in [4.78, 5) is 0. The van der Waals surface area contributed by atoms with Gasteiger partial charge in [-0.3, -0.25) is 5.32 Å². The van der Waals surface area contributed by atoms with Crippen LogP contribution < -0.4 is 16.4 Å². The number of hydrogen-bond acceptors (Lipinski definition) is 3. The van der Waals surface area contributed by atoms with E-state index < -0.39 is 0 Å². The molecule has 2 unspecified atom stereocenters. The Morgan fingerprint density at radius 3 is 1.83 bits per heavy atom. The molecule has 0 spiro atoms. The van der Waals surface area contributed by atoms with E-state index in [4.69, 9.17) is 5.73 Å². The third kappa shape index (κ3) is 3.17. The molecule has 0 heterocycles. The minimum atomic E-state index is -0.191. The third-order valence-electron chi connectivity index (χ3n) is 2.93. The molecule has 18 heavy (non-hydrogen) atoms. The van der Waals surface area contributed by atoms with Gasteiger partial charge in [0.05, 0.1) is 12.3 Å². The van der Waals surface area contributed by atoms with E-state index in [2.05, 4.69) is 22.8 Å². The lowest BCUT2D eigenvalue weighted by Crippen LogP contribution is -2.38. The van der Waals surface area contributed by atoms with Crippen LogP contribution in [0.15, 0.2) is 60.7 Å². The molecule has 0 amide bonds. The fourth-order valence-electron chi connectivity index (χ4n) is 1.93.